The van der Waals surface area contributed by atoms with Crippen LogP contribution in [0.4, 0.5) is 0 Å². The van der Waals surface area contributed by atoms with Crippen molar-refractivity contribution >= 4 is 15.7 Å². The van der Waals surface area contributed by atoms with E-state index in [2.05, 4.69) is 5.16 Å². The summed E-state index contributed by atoms with van der Waals surface area (Å²) >= 11 is 0. The molecular formula is C16H20N2O4S. The van der Waals surface area contributed by atoms with Crippen LogP contribution in [0.5, 0.6) is 0 Å². The van der Waals surface area contributed by atoms with Crippen LogP contribution in [0, 0.1) is 6.92 Å². The van der Waals surface area contributed by atoms with Gasteiger partial charge in [0.25, 0.3) is 0 Å². The summed E-state index contributed by atoms with van der Waals surface area (Å²) in [7, 11) is -2.05. The highest BCUT2D eigenvalue weighted by Crippen LogP contribution is 2.14. The summed E-state index contributed by atoms with van der Waals surface area (Å²) in [5.41, 5.74) is 1.26. The molecule has 0 aliphatic carbocycles. The Hall–Kier alpha value is -2.15. The summed E-state index contributed by atoms with van der Waals surface area (Å²) in [6, 6.07) is 11.0. The van der Waals surface area contributed by atoms with E-state index in [9.17, 15) is 13.2 Å². The average Bonchev–Trinajstić information content (AvgIpc) is 2.91. The van der Waals surface area contributed by atoms with Gasteiger partial charge in [-0.05, 0) is 19.4 Å². The summed E-state index contributed by atoms with van der Waals surface area (Å²) in [5.74, 6) is -0.208. The highest BCUT2D eigenvalue weighted by Gasteiger charge is 2.31. The minimum atomic E-state index is -3.65. The number of carbonyl (C=O) groups is 1. The van der Waals surface area contributed by atoms with Crippen molar-refractivity contribution < 1.29 is 17.7 Å². The van der Waals surface area contributed by atoms with E-state index in [4.69, 9.17) is 4.52 Å². The van der Waals surface area contributed by atoms with E-state index < -0.39 is 21.0 Å². The van der Waals surface area contributed by atoms with Crippen molar-refractivity contribution in [3.63, 3.8) is 0 Å². The van der Waals surface area contributed by atoms with Crippen molar-refractivity contribution in [1.82, 2.24) is 10.1 Å². The molecule has 1 heterocycles. The van der Waals surface area contributed by atoms with Crippen LogP contribution in [0.1, 0.15) is 23.9 Å². The van der Waals surface area contributed by atoms with Gasteiger partial charge in [-0.3, -0.25) is 4.79 Å². The van der Waals surface area contributed by atoms with Gasteiger partial charge in [0.15, 0.2) is 9.84 Å². The number of hydrogen-bond donors (Lipinski definition) is 0. The maximum atomic E-state index is 12.4. The zero-order chi connectivity index (χ0) is 17.0. The Kier molecular flexibility index (Phi) is 5.20. The fourth-order valence-corrected chi connectivity index (χ4v) is 3.50. The number of aromatic nitrogens is 1. The molecule has 1 aromatic heterocycles. The summed E-state index contributed by atoms with van der Waals surface area (Å²) in [4.78, 5) is 13.8. The number of rotatable bonds is 6. The first-order chi connectivity index (χ1) is 10.8. The summed E-state index contributed by atoms with van der Waals surface area (Å²) in [6.45, 7) is 3.46. The van der Waals surface area contributed by atoms with Gasteiger partial charge in [0.1, 0.15) is 11.0 Å². The topological polar surface area (TPSA) is 80.5 Å². The fourth-order valence-electron chi connectivity index (χ4n) is 2.22. The number of sulfone groups is 1. The van der Waals surface area contributed by atoms with Crippen molar-refractivity contribution in [3.8, 4) is 0 Å². The van der Waals surface area contributed by atoms with Crippen molar-refractivity contribution in [2.45, 2.75) is 31.4 Å². The third kappa shape index (κ3) is 4.41. The fraction of sp³-hybridized carbons (Fsp3) is 0.375. The van der Waals surface area contributed by atoms with Crippen LogP contribution >= 0.6 is 0 Å². The third-order valence-electron chi connectivity index (χ3n) is 3.55. The van der Waals surface area contributed by atoms with Crippen molar-refractivity contribution in [1.29, 1.82) is 0 Å². The number of hydrogen-bond acceptors (Lipinski definition) is 5. The second kappa shape index (κ2) is 6.95. The molecular weight excluding hydrogens is 316 g/mol. The zero-order valence-corrected chi connectivity index (χ0v) is 14.2. The monoisotopic (exact) mass is 336 g/mol. The Bertz CT molecular complexity index is 768. The van der Waals surface area contributed by atoms with Crippen LogP contribution in [0.2, 0.25) is 0 Å². The van der Waals surface area contributed by atoms with Crippen molar-refractivity contribution in [3.05, 3.63) is 53.4 Å². The van der Waals surface area contributed by atoms with E-state index in [1.807, 2.05) is 30.3 Å². The molecule has 0 spiro atoms. The first-order valence-corrected chi connectivity index (χ1v) is 8.94. The number of nitrogens with zero attached hydrogens (tertiary/aromatic N) is 2. The predicted octanol–water partition coefficient (Wildman–Crippen LogP) is 1.94. The van der Waals surface area contributed by atoms with Gasteiger partial charge in [0.2, 0.25) is 5.91 Å². The number of amides is 1. The Balaban J connectivity index is 2.05. The molecule has 0 N–H and O–H groups in total. The van der Waals surface area contributed by atoms with Gasteiger partial charge >= 0.3 is 0 Å². The molecule has 0 fully saturated rings. The zero-order valence-electron chi connectivity index (χ0n) is 13.4. The standard InChI is InChI=1S/C16H20N2O4S/c1-12-9-15(17-22-12)11-23(20,21)13(2)16(19)18(3)10-14-7-5-4-6-8-14/h4-9,13H,10-11H2,1-3H3. The van der Waals surface area contributed by atoms with Gasteiger partial charge in [0, 0.05) is 19.7 Å². The number of benzene rings is 1. The summed E-state index contributed by atoms with van der Waals surface area (Å²) in [5, 5.41) is 2.54. The molecule has 0 saturated heterocycles. The normalized spacial score (nSPS) is 12.8. The lowest BCUT2D eigenvalue weighted by molar-refractivity contribution is -0.129. The molecule has 6 nitrogen and oxygen atoms in total. The predicted molar refractivity (Wildman–Crippen MR) is 86.2 cm³/mol. The van der Waals surface area contributed by atoms with E-state index in [0.717, 1.165) is 5.56 Å². The summed E-state index contributed by atoms with van der Waals surface area (Å²) in [6.07, 6.45) is 0. The van der Waals surface area contributed by atoms with Gasteiger partial charge < -0.3 is 9.42 Å². The molecule has 0 aliphatic rings. The largest absolute Gasteiger partial charge is 0.361 e. The Morgan fingerprint density at radius 1 is 1.30 bits per heavy atom. The lowest BCUT2D eigenvalue weighted by atomic mass is 10.2. The molecule has 1 unspecified atom stereocenters. The molecule has 0 radical (unpaired) electrons. The van der Waals surface area contributed by atoms with Crippen LogP contribution < -0.4 is 0 Å². The van der Waals surface area contributed by atoms with Gasteiger partial charge in [-0.1, -0.05) is 35.5 Å². The van der Waals surface area contributed by atoms with Crippen LogP contribution in [-0.4, -0.2) is 36.7 Å². The third-order valence-corrected chi connectivity index (χ3v) is 5.53. The molecule has 2 aromatic rings. The average molecular weight is 336 g/mol. The van der Waals surface area contributed by atoms with Gasteiger partial charge in [-0.15, -0.1) is 0 Å². The molecule has 124 valence electrons. The molecule has 0 aliphatic heterocycles. The SMILES string of the molecule is Cc1cc(CS(=O)(=O)C(C)C(=O)N(C)Cc2ccccc2)no1. The van der Waals surface area contributed by atoms with Crippen LogP contribution in [-0.2, 0) is 26.9 Å². The van der Waals surface area contributed by atoms with Crippen LogP contribution in [0.15, 0.2) is 40.9 Å². The van der Waals surface area contributed by atoms with E-state index in [1.54, 1.807) is 20.0 Å². The smallest absolute Gasteiger partial charge is 0.240 e. The van der Waals surface area contributed by atoms with E-state index in [1.165, 1.54) is 11.8 Å². The quantitative estimate of drug-likeness (QED) is 0.805. The molecule has 1 atom stereocenters. The van der Waals surface area contributed by atoms with E-state index >= 15 is 0 Å². The maximum absolute atomic E-state index is 12.4. The Morgan fingerprint density at radius 3 is 2.52 bits per heavy atom. The molecule has 7 heteroatoms. The first-order valence-electron chi connectivity index (χ1n) is 7.22. The van der Waals surface area contributed by atoms with Crippen LogP contribution in [0.25, 0.3) is 0 Å². The minimum absolute atomic E-state index is 0.309. The number of carbonyl (C=O) groups excluding carboxylic acids is 1. The van der Waals surface area contributed by atoms with E-state index in [0.29, 0.717) is 18.0 Å². The molecule has 0 bridgehead atoms. The maximum Gasteiger partial charge on any atom is 0.240 e. The molecule has 23 heavy (non-hydrogen) atoms. The molecule has 1 aromatic carbocycles. The highest BCUT2D eigenvalue weighted by molar-refractivity contribution is 7.92. The van der Waals surface area contributed by atoms with E-state index in [-0.39, 0.29) is 5.75 Å². The minimum Gasteiger partial charge on any atom is -0.361 e. The Labute approximate surface area is 136 Å². The lowest BCUT2D eigenvalue weighted by Gasteiger charge is -2.21. The molecule has 0 saturated carbocycles. The van der Waals surface area contributed by atoms with Crippen LogP contribution in [0.3, 0.4) is 0 Å². The van der Waals surface area contributed by atoms with Gasteiger partial charge in [-0.2, -0.15) is 0 Å². The van der Waals surface area contributed by atoms with Crippen molar-refractivity contribution in [2.75, 3.05) is 7.05 Å². The van der Waals surface area contributed by atoms with Gasteiger partial charge in [-0.25, -0.2) is 8.42 Å². The molecule has 1 amide bonds. The first kappa shape index (κ1) is 17.2. The second-order valence-corrected chi connectivity index (χ2v) is 7.88. The Morgan fingerprint density at radius 2 is 1.96 bits per heavy atom. The summed E-state index contributed by atoms with van der Waals surface area (Å²) < 4.78 is 29.6. The van der Waals surface area contributed by atoms with Crippen molar-refractivity contribution in [2.24, 2.45) is 0 Å². The van der Waals surface area contributed by atoms with Gasteiger partial charge in [0.05, 0.1) is 11.4 Å². The number of aryl methyl sites for hydroxylation is 1. The second-order valence-electron chi connectivity index (χ2n) is 5.56. The molecule has 2 rings (SSSR count). The highest BCUT2D eigenvalue weighted by atomic mass is 32.2. The lowest BCUT2D eigenvalue weighted by Crippen LogP contribution is -2.39.